The molecule has 2 aromatic rings. The fourth-order valence-corrected chi connectivity index (χ4v) is 5.27. The van der Waals surface area contributed by atoms with Gasteiger partial charge in [-0.1, -0.05) is 6.07 Å². The first-order chi connectivity index (χ1) is 15.6. The van der Waals surface area contributed by atoms with Crippen LogP contribution in [0.25, 0.3) is 11.3 Å². The highest BCUT2D eigenvalue weighted by Gasteiger charge is 2.42. The quantitative estimate of drug-likeness (QED) is 0.674. The maximum absolute atomic E-state index is 12.8. The predicted octanol–water partition coefficient (Wildman–Crippen LogP) is 2.80. The minimum atomic E-state index is -0.583. The Labute approximate surface area is 198 Å². The van der Waals surface area contributed by atoms with Crippen LogP contribution in [0, 0.1) is 5.92 Å². The SMILES string of the molecule is CN(C)CCCN1CC(C(=O)Nc2nc(-c3ccc4c(c3)C(C)(C)C(=O)N4C)cs2)CC1=O. The van der Waals surface area contributed by atoms with Crippen molar-refractivity contribution in [3.8, 4) is 11.3 Å². The van der Waals surface area contributed by atoms with Crippen molar-refractivity contribution in [2.24, 2.45) is 5.92 Å². The molecule has 1 fully saturated rings. The molecule has 2 aliphatic heterocycles. The minimum absolute atomic E-state index is 0.0361. The van der Waals surface area contributed by atoms with Crippen LogP contribution >= 0.6 is 11.3 Å². The van der Waals surface area contributed by atoms with E-state index in [4.69, 9.17) is 0 Å². The van der Waals surface area contributed by atoms with E-state index in [0.29, 0.717) is 18.2 Å². The Morgan fingerprint density at radius 1 is 1.30 bits per heavy atom. The van der Waals surface area contributed by atoms with Crippen molar-refractivity contribution in [3.05, 3.63) is 29.1 Å². The molecule has 8 nitrogen and oxygen atoms in total. The summed E-state index contributed by atoms with van der Waals surface area (Å²) in [7, 11) is 5.81. The van der Waals surface area contributed by atoms with Crippen LogP contribution in [0.2, 0.25) is 0 Å². The van der Waals surface area contributed by atoms with Crippen molar-refractivity contribution in [1.82, 2.24) is 14.8 Å². The predicted molar refractivity (Wildman–Crippen MR) is 130 cm³/mol. The third kappa shape index (κ3) is 4.52. The third-order valence-corrected chi connectivity index (χ3v) is 7.28. The van der Waals surface area contributed by atoms with E-state index in [1.807, 2.05) is 51.5 Å². The largest absolute Gasteiger partial charge is 0.342 e. The van der Waals surface area contributed by atoms with Crippen LogP contribution in [0.5, 0.6) is 0 Å². The van der Waals surface area contributed by atoms with Crippen molar-refractivity contribution in [1.29, 1.82) is 0 Å². The van der Waals surface area contributed by atoms with Crippen LogP contribution in [-0.4, -0.2) is 73.3 Å². The second-order valence-electron chi connectivity index (χ2n) is 9.65. The van der Waals surface area contributed by atoms with Crippen molar-refractivity contribution in [3.63, 3.8) is 0 Å². The molecule has 1 N–H and O–H groups in total. The molecule has 33 heavy (non-hydrogen) atoms. The monoisotopic (exact) mass is 469 g/mol. The molecule has 0 spiro atoms. The lowest BCUT2D eigenvalue weighted by Gasteiger charge is -2.17. The maximum atomic E-state index is 12.8. The molecule has 176 valence electrons. The van der Waals surface area contributed by atoms with Gasteiger partial charge in [-0.05, 0) is 58.6 Å². The van der Waals surface area contributed by atoms with E-state index in [0.717, 1.165) is 35.5 Å². The topological polar surface area (TPSA) is 85.8 Å². The number of fused-ring (bicyclic) bond motifs is 1. The van der Waals surface area contributed by atoms with Gasteiger partial charge in [0.1, 0.15) is 0 Å². The fraction of sp³-hybridized carbons (Fsp3) is 0.500. The highest BCUT2D eigenvalue weighted by Crippen LogP contribution is 2.42. The Morgan fingerprint density at radius 3 is 2.79 bits per heavy atom. The molecule has 3 amide bonds. The summed E-state index contributed by atoms with van der Waals surface area (Å²) < 4.78 is 0. The number of thiazole rings is 1. The molecule has 0 saturated carbocycles. The zero-order valence-electron chi connectivity index (χ0n) is 19.8. The number of benzene rings is 1. The van der Waals surface area contributed by atoms with Gasteiger partial charge >= 0.3 is 0 Å². The molecule has 1 saturated heterocycles. The number of hydrogen-bond donors (Lipinski definition) is 1. The first-order valence-electron chi connectivity index (χ1n) is 11.2. The number of amides is 3. The van der Waals surface area contributed by atoms with Gasteiger partial charge in [-0.3, -0.25) is 14.4 Å². The molecule has 2 aliphatic rings. The Morgan fingerprint density at radius 2 is 2.06 bits per heavy atom. The Balaban J connectivity index is 1.41. The van der Waals surface area contributed by atoms with Crippen molar-refractivity contribution in [2.75, 3.05) is 51.0 Å². The number of nitrogens with zero attached hydrogens (tertiary/aromatic N) is 4. The summed E-state index contributed by atoms with van der Waals surface area (Å²) in [5, 5.41) is 5.31. The van der Waals surface area contributed by atoms with Crippen LogP contribution < -0.4 is 10.2 Å². The number of likely N-dealkylation sites (N-methyl/N-ethyl adjacent to an activating group) is 1. The lowest BCUT2D eigenvalue weighted by molar-refractivity contribution is -0.128. The van der Waals surface area contributed by atoms with E-state index in [-0.39, 0.29) is 30.1 Å². The van der Waals surface area contributed by atoms with Gasteiger partial charge in [-0.25, -0.2) is 4.98 Å². The van der Waals surface area contributed by atoms with Gasteiger partial charge in [0, 0.05) is 43.2 Å². The highest BCUT2D eigenvalue weighted by atomic mass is 32.1. The van der Waals surface area contributed by atoms with E-state index in [2.05, 4.69) is 15.2 Å². The molecule has 0 aliphatic carbocycles. The molecular weight excluding hydrogens is 438 g/mol. The lowest BCUT2D eigenvalue weighted by atomic mass is 9.85. The van der Waals surface area contributed by atoms with Gasteiger partial charge in [0.25, 0.3) is 0 Å². The standard InChI is InChI=1S/C24H31N5O3S/c1-24(2)17-11-15(7-8-19(17)28(5)22(24)32)18-14-33-23(25-18)26-21(31)16-12-20(30)29(13-16)10-6-9-27(3)4/h7-8,11,14,16H,6,9-10,12-13H2,1-5H3,(H,25,26,31). The first kappa shape index (κ1) is 23.4. The normalized spacial score (nSPS) is 19.5. The summed E-state index contributed by atoms with van der Waals surface area (Å²) in [6.45, 7) is 5.90. The van der Waals surface area contributed by atoms with Crippen LogP contribution in [0.3, 0.4) is 0 Å². The molecular formula is C24H31N5O3S. The lowest BCUT2D eigenvalue weighted by Crippen LogP contribution is -2.33. The van der Waals surface area contributed by atoms with Crippen LogP contribution in [-0.2, 0) is 19.8 Å². The number of aromatic nitrogens is 1. The summed E-state index contributed by atoms with van der Waals surface area (Å²) in [5.41, 5.74) is 2.97. The maximum Gasteiger partial charge on any atom is 0.236 e. The van der Waals surface area contributed by atoms with Crippen molar-refractivity contribution in [2.45, 2.75) is 32.1 Å². The Hall–Kier alpha value is -2.78. The number of hydrogen-bond acceptors (Lipinski definition) is 6. The van der Waals surface area contributed by atoms with E-state index in [1.165, 1.54) is 11.3 Å². The Kier molecular flexibility index (Phi) is 6.28. The number of likely N-dealkylation sites (tertiary alicyclic amines) is 1. The molecule has 0 radical (unpaired) electrons. The van der Waals surface area contributed by atoms with Crippen LogP contribution in [0.4, 0.5) is 10.8 Å². The zero-order chi connectivity index (χ0) is 23.9. The van der Waals surface area contributed by atoms with E-state index in [9.17, 15) is 14.4 Å². The molecule has 0 bridgehead atoms. The molecule has 3 heterocycles. The average Bonchev–Trinajstić information content (AvgIpc) is 3.42. The molecule has 4 rings (SSSR count). The summed E-state index contributed by atoms with van der Waals surface area (Å²) in [6.07, 6.45) is 1.13. The number of carbonyl (C=O) groups is 3. The van der Waals surface area contributed by atoms with Crippen molar-refractivity contribution >= 4 is 39.9 Å². The van der Waals surface area contributed by atoms with Crippen LogP contribution in [0.15, 0.2) is 23.6 Å². The number of carbonyl (C=O) groups excluding carboxylic acids is 3. The molecule has 1 aromatic carbocycles. The molecule has 1 aromatic heterocycles. The zero-order valence-corrected chi connectivity index (χ0v) is 20.7. The fourth-order valence-electron chi connectivity index (χ4n) is 4.55. The summed E-state index contributed by atoms with van der Waals surface area (Å²) in [4.78, 5) is 47.8. The van der Waals surface area contributed by atoms with Gasteiger partial charge in [0.05, 0.1) is 17.0 Å². The van der Waals surface area contributed by atoms with Crippen LogP contribution in [0.1, 0.15) is 32.3 Å². The van der Waals surface area contributed by atoms with Gasteiger partial charge in [0.15, 0.2) is 5.13 Å². The smallest absolute Gasteiger partial charge is 0.236 e. The molecule has 9 heteroatoms. The van der Waals surface area contributed by atoms with Gasteiger partial charge in [0.2, 0.25) is 17.7 Å². The van der Waals surface area contributed by atoms with Crippen molar-refractivity contribution < 1.29 is 14.4 Å². The molecule has 1 atom stereocenters. The highest BCUT2D eigenvalue weighted by molar-refractivity contribution is 7.14. The Bertz CT molecular complexity index is 1090. The number of rotatable bonds is 7. The third-order valence-electron chi connectivity index (χ3n) is 6.52. The number of anilines is 2. The average molecular weight is 470 g/mol. The van der Waals surface area contributed by atoms with E-state index in [1.54, 1.807) is 16.8 Å². The van der Waals surface area contributed by atoms with Gasteiger partial charge in [-0.15, -0.1) is 11.3 Å². The summed E-state index contributed by atoms with van der Waals surface area (Å²) >= 11 is 1.36. The van der Waals surface area contributed by atoms with E-state index >= 15 is 0 Å². The second-order valence-corrected chi connectivity index (χ2v) is 10.5. The minimum Gasteiger partial charge on any atom is -0.342 e. The van der Waals surface area contributed by atoms with Gasteiger partial charge < -0.3 is 20.0 Å². The first-order valence-corrected chi connectivity index (χ1v) is 12.1. The summed E-state index contributed by atoms with van der Waals surface area (Å²) in [5.74, 6) is -0.412. The molecule has 1 unspecified atom stereocenters. The summed E-state index contributed by atoms with van der Waals surface area (Å²) in [6, 6.07) is 5.91. The number of nitrogens with one attached hydrogen (secondary N) is 1. The van der Waals surface area contributed by atoms with Gasteiger partial charge in [-0.2, -0.15) is 0 Å². The van der Waals surface area contributed by atoms with E-state index < -0.39 is 5.41 Å². The second kappa shape index (κ2) is 8.87.